The van der Waals surface area contributed by atoms with Crippen LogP contribution in [0.25, 0.3) is 16.6 Å². The molecule has 3 rings (SSSR count). The number of aromatic nitrogens is 1. The molecule has 1 N–H and O–H groups in total. The van der Waals surface area contributed by atoms with Crippen LogP contribution in [0, 0.1) is 0 Å². The Bertz CT molecular complexity index is 1020. The third-order valence-electron chi connectivity index (χ3n) is 4.11. The molecule has 0 spiro atoms. The van der Waals surface area contributed by atoms with Crippen LogP contribution >= 0.6 is 11.8 Å². The Morgan fingerprint density at radius 1 is 1.15 bits per heavy atom. The first kappa shape index (κ1) is 18.0. The zero-order valence-electron chi connectivity index (χ0n) is 14.3. The molecule has 0 aliphatic rings. The van der Waals surface area contributed by atoms with Crippen LogP contribution in [-0.2, 0) is 11.3 Å². The molecular formula is C19H17ClN2O4. The van der Waals surface area contributed by atoms with Crippen molar-refractivity contribution >= 4 is 28.6 Å². The Hall–Kier alpha value is -2.83. The van der Waals surface area contributed by atoms with Gasteiger partial charge in [-0.1, -0.05) is 18.2 Å². The van der Waals surface area contributed by atoms with Crippen molar-refractivity contribution < 1.29 is 14.3 Å². The Balaban J connectivity index is 2.54. The van der Waals surface area contributed by atoms with Gasteiger partial charge in [0.15, 0.2) is 5.43 Å². The molecule has 0 saturated heterocycles. The van der Waals surface area contributed by atoms with E-state index in [1.807, 2.05) is 30.3 Å². The number of methoxy groups -OCH3 is 2. The van der Waals surface area contributed by atoms with Gasteiger partial charge in [0.2, 0.25) is 0 Å². The summed E-state index contributed by atoms with van der Waals surface area (Å²) in [6, 6.07) is 14.3. The molecule has 0 radical (unpaired) electrons. The third-order valence-corrected chi connectivity index (χ3v) is 4.24. The highest BCUT2D eigenvalue weighted by Crippen LogP contribution is 2.26. The number of hydrogen-bond acceptors (Lipinski definition) is 5. The maximum atomic E-state index is 13.0. The van der Waals surface area contributed by atoms with Gasteiger partial charge in [0.25, 0.3) is 0 Å². The van der Waals surface area contributed by atoms with Gasteiger partial charge in [0.05, 0.1) is 19.7 Å². The van der Waals surface area contributed by atoms with Gasteiger partial charge in [-0.2, -0.15) is 0 Å². The van der Waals surface area contributed by atoms with Crippen LogP contribution in [0.15, 0.2) is 53.3 Å². The van der Waals surface area contributed by atoms with Crippen LogP contribution in [0.1, 0.15) is 16.1 Å². The number of ether oxygens (including phenoxy) is 2. The van der Waals surface area contributed by atoms with Crippen molar-refractivity contribution in [1.29, 1.82) is 0 Å². The van der Waals surface area contributed by atoms with E-state index in [4.69, 9.17) is 21.3 Å². The van der Waals surface area contributed by atoms with Gasteiger partial charge in [-0.05, 0) is 36.0 Å². The number of nitrogens with one attached hydrogen (secondary N) is 1. The van der Waals surface area contributed by atoms with Gasteiger partial charge in [-0.3, -0.25) is 4.79 Å². The van der Waals surface area contributed by atoms with Crippen LogP contribution in [0.5, 0.6) is 5.75 Å². The highest BCUT2D eigenvalue weighted by Gasteiger charge is 2.24. The van der Waals surface area contributed by atoms with Gasteiger partial charge in [-0.15, -0.1) is 0 Å². The first-order valence-electron chi connectivity index (χ1n) is 7.85. The summed E-state index contributed by atoms with van der Waals surface area (Å²) in [4.78, 5) is 28.0. The van der Waals surface area contributed by atoms with E-state index >= 15 is 0 Å². The van der Waals surface area contributed by atoms with Gasteiger partial charge in [0, 0.05) is 29.2 Å². The second kappa shape index (κ2) is 7.59. The van der Waals surface area contributed by atoms with Gasteiger partial charge in [0.1, 0.15) is 11.4 Å². The molecule has 0 aliphatic carbocycles. The van der Waals surface area contributed by atoms with E-state index < -0.39 is 5.97 Å². The van der Waals surface area contributed by atoms with E-state index in [2.05, 4.69) is 4.84 Å². The smallest absolute Gasteiger partial charge is 0.355 e. The Kier molecular flexibility index (Phi) is 5.25. The maximum absolute atomic E-state index is 13.0. The SMILES string of the molecule is COC(=O)c1c(CNCl)c(=O)c2ccc(OC)cc2n1-c1ccccc1. The molecule has 0 amide bonds. The number of benzene rings is 2. The molecule has 0 fully saturated rings. The van der Waals surface area contributed by atoms with E-state index in [9.17, 15) is 9.59 Å². The minimum atomic E-state index is -0.627. The van der Waals surface area contributed by atoms with Crippen molar-refractivity contribution in [3.05, 3.63) is 70.0 Å². The molecule has 0 aliphatic heterocycles. The normalized spacial score (nSPS) is 10.7. The summed E-state index contributed by atoms with van der Waals surface area (Å²) in [7, 11) is 2.81. The molecule has 7 heteroatoms. The summed E-state index contributed by atoms with van der Waals surface area (Å²) in [5, 5.41) is 0.448. The number of esters is 1. The average molecular weight is 373 g/mol. The van der Waals surface area contributed by atoms with E-state index in [0.29, 0.717) is 22.3 Å². The van der Waals surface area contributed by atoms with Crippen LogP contribution in [0.2, 0.25) is 0 Å². The number of halogens is 1. The topological polar surface area (TPSA) is 69.6 Å². The first-order valence-corrected chi connectivity index (χ1v) is 8.23. The number of carbonyl (C=O) groups is 1. The molecule has 0 bridgehead atoms. The van der Waals surface area contributed by atoms with Crippen molar-refractivity contribution in [2.24, 2.45) is 0 Å². The summed E-state index contributed by atoms with van der Waals surface area (Å²) in [5.41, 5.74) is 1.32. The molecule has 0 unspecified atom stereocenters. The zero-order valence-corrected chi connectivity index (χ0v) is 15.0. The Morgan fingerprint density at radius 3 is 2.50 bits per heavy atom. The number of nitrogens with zero attached hydrogens (tertiary/aromatic N) is 1. The predicted octanol–water partition coefficient (Wildman–Crippen LogP) is 3.03. The minimum Gasteiger partial charge on any atom is -0.497 e. The molecule has 1 aromatic heterocycles. The van der Waals surface area contributed by atoms with Crippen molar-refractivity contribution in [2.75, 3.05) is 14.2 Å². The number of fused-ring (bicyclic) bond motifs is 1. The van der Waals surface area contributed by atoms with E-state index in [-0.39, 0.29) is 23.2 Å². The number of carbonyl (C=O) groups excluding carboxylic acids is 1. The summed E-state index contributed by atoms with van der Waals surface area (Å²) in [6.07, 6.45) is 0. The van der Waals surface area contributed by atoms with Crippen LogP contribution < -0.4 is 15.0 Å². The minimum absolute atomic E-state index is 0.0135. The second-order valence-electron chi connectivity index (χ2n) is 5.51. The molecule has 0 saturated carbocycles. The second-order valence-corrected chi connectivity index (χ2v) is 5.78. The molecule has 1 heterocycles. The fourth-order valence-corrected chi connectivity index (χ4v) is 3.06. The van der Waals surface area contributed by atoms with Crippen molar-refractivity contribution in [2.45, 2.75) is 6.54 Å². The lowest BCUT2D eigenvalue weighted by molar-refractivity contribution is 0.0589. The Morgan fingerprint density at radius 2 is 1.88 bits per heavy atom. The summed E-state index contributed by atoms with van der Waals surface area (Å²) in [6.45, 7) is 0.0135. The van der Waals surface area contributed by atoms with Crippen molar-refractivity contribution in [3.8, 4) is 11.4 Å². The third kappa shape index (κ3) is 3.05. The monoisotopic (exact) mass is 372 g/mol. The quantitative estimate of drug-likeness (QED) is 0.550. The standard InChI is InChI=1S/C19H17ClN2O4/c1-25-13-8-9-14-16(10-13)22(12-6-4-3-5-7-12)17(19(24)26-2)15(11-21-20)18(14)23/h3-10,21H,11H2,1-2H3. The predicted molar refractivity (Wildman–Crippen MR) is 100 cm³/mol. The molecule has 134 valence electrons. The van der Waals surface area contributed by atoms with Crippen molar-refractivity contribution in [3.63, 3.8) is 0 Å². The summed E-state index contributed by atoms with van der Waals surface area (Å²) >= 11 is 5.65. The summed E-state index contributed by atoms with van der Waals surface area (Å²) in [5.74, 6) is -0.0572. The molecule has 26 heavy (non-hydrogen) atoms. The molecule has 3 aromatic rings. The van der Waals surface area contributed by atoms with Crippen LogP contribution in [0.4, 0.5) is 0 Å². The molecule has 2 aromatic carbocycles. The number of pyridine rings is 1. The van der Waals surface area contributed by atoms with Crippen LogP contribution in [-0.4, -0.2) is 24.8 Å². The number of para-hydroxylation sites is 1. The van der Waals surface area contributed by atoms with E-state index in [1.165, 1.54) is 7.11 Å². The lowest BCUT2D eigenvalue weighted by Crippen LogP contribution is -2.26. The fourth-order valence-electron chi connectivity index (χ4n) is 2.93. The van der Waals surface area contributed by atoms with Gasteiger partial charge >= 0.3 is 5.97 Å². The van der Waals surface area contributed by atoms with E-state index in [1.54, 1.807) is 29.9 Å². The highest BCUT2D eigenvalue weighted by molar-refractivity contribution is 6.13. The lowest BCUT2D eigenvalue weighted by atomic mass is 10.1. The molecule has 6 nitrogen and oxygen atoms in total. The van der Waals surface area contributed by atoms with Crippen LogP contribution in [0.3, 0.4) is 0 Å². The lowest BCUT2D eigenvalue weighted by Gasteiger charge is -2.19. The number of hydrogen-bond donors (Lipinski definition) is 1. The Labute approximate surface area is 155 Å². The fraction of sp³-hybridized carbons (Fsp3) is 0.158. The summed E-state index contributed by atoms with van der Waals surface area (Å²) < 4.78 is 11.9. The largest absolute Gasteiger partial charge is 0.497 e. The van der Waals surface area contributed by atoms with Crippen molar-refractivity contribution in [1.82, 2.24) is 9.40 Å². The number of rotatable bonds is 5. The van der Waals surface area contributed by atoms with Gasteiger partial charge in [-0.25, -0.2) is 9.63 Å². The zero-order chi connectivity index (χ0) is 18.7. The highest BCUT2D eigenvalue weighted by atomic mass is 35.5. The average Bonchev–Trinajstić information content (AvgIpc) is 2.69. The molecular weight excluding hydrogens is 356 g/mol. The maximum Gasteiger partial charge on any atom is 0.355 e. The first-order chi connectivity index (χ1) is 12.6. The van der Waals surface area contributed by atoms with E-state index in [0.717, 1.165) is 0 Å². The molecule has 0 atom stereocenters. The van der Waals surface area contributed by atoms with Gasteiger partial charge < -0.3 is 14.0 Å².